The highest BCUT2D eigenvalue weighted by molar-refractivity contribution is 5.95. The summed E-state index contributed by atoms with van der Waals surface area (Å²) in [7, 11) is 4.35. The van der Waals surface area contributed by atoms with Gasteiger partial charge in [0, 0.05) is 6.04 Å². The number of esters is 1. The fourth-order valence-electron chi connectivity index (χ4n) is 2.69. The third-order valence-corrected chi connectivity index (χ3v) is 4.08. The van der Waals surface area contributed by atoms with Gasteiger partial charge in [-0.15, -0.1) is 0 Å². The molecule has 0 aromatic heterocycles. The van der Waals surface area contributed by atoms with Gasteiger partial charge in [-0.1, -0.05) is 26.7 Å². The van der Waals surface area contributed by atoms with E-state index in [4.69, 9.17) is 18.9 Å². The summed E-state index contributed by atoms with van der Waals surface area (Å²) < 4.78 is 20.8. The van der Waals surface area contributed by atoms with Gasteiger partial charge in [0.25, 0.3) is 5.91 Å². The van der Waals surface area contributed by atoms with Crippen LogP contribution in [0.5, 0.6) is 17.2 Å². The van der Waals surface area contributed by atoms with E-state index < -0.39 is 5.97 Å². The van der Waals surface area contributed by atoms with E-state index in [9.17, 15) is 9.59 Å². The predicted octanol–water partition coefficient (Wildman–Crippen LogP) is 3.20. The summed E-state index contributed by atoms with van der Waals surface area (Å²) in [5.74, 6) is 0.557. The molecule has 27 heavy (non-hydrogen) atoms. The number of hydrogen-bond donors (Lipinski definition) is 1. The standard InChI is InChI=1S/C20H31NO6/c1-13(2)8-7-9-14(3)21-17(22)12-27-20(23)15-10-11-16(24-4)19(26-6)18(15)25-5/h10-11,13-14H,7-9,12H2,1-6H3,(H,21,22). The van der Waals surface area contributed by atoms with Gasteiger partial charge in [0.2, 0.25) is 5.75 Å². The molecule has 1 unspecified atom stereocenters. The second kappa shape index (κ2) is 11.3. The molecule has 0 bridgehead atoms. The largest absolute Gasteiger partial charge is 0.493 e. The summed E-state index contributed by atoms with van der Waals surface area (Å²) in [5, 5.41) is 2.84. The van der Waals surface area contributed by atoms with Crippen LogP contribution >= 0.6 is 0 Å². The second-order valence-electron chi connectivity index (χ2n) is 6.75. The van der Waals surface area contributed by atoms with E-state index in [0.29, 0.717) is 11.7 Å². The molecule has 7 heteroatoms. The molecule has 0 saturated heterocycles. The van der Waals surface area contributed by atoms with Crippen molar-refractivity contribution in [3.63, 3.8) is 0 Å². The van der Waals surface area contributed by atoms with Crippen LogP contribution in [0.1, 0.15) is 50.4 Å². The van der Waals surface area contributed by atoms with Crippen molar-refractivity contribution >= 4 is 11.9 Å². The third kappa shape index (κ3) is 7.00. The zero-order chi connectivity index (χ0) is 20.4. The number of amides is 1. The first-order valence-electron chi connectivity index (χ1n) is 9.09. The lowest BCUT2D eigenvalue weighted by Crippen LogP contribution is -2.35. The SMILES string of the molecule is COc1ccc(C(=O)OCC(=O)NC(C)CCCC(C)C)c(OC)c1OC. The van der Waals surface area contributed by atoms with Crippen molar-refractivity contribution in [3.05, 3.63) is 17.7 Å². The van der Waals surface area contributed by atoms with Crippen LogP contribution in [0, 0.1) is 5.92 Å². The lowest BCUT2D eigenvalue weighted by molar-refractivity contribution is -0.124. The van der Waals surface area contributed by atoms with Gasteiger partial charge in [-0.25, -0.2) is 4.79 Å². The Balaban J connectivity index is 2.63. The van der Waals surface area contributed by atoms with Crippen LogP contribution < -0.4 is 19.5 Å². The first kappa shape index (κ1) is 22.6. The molecule has 0 heterocycles. The summed E-state index contributed by atoms with van der Waals surface area (Å²) >= 11 is 0. The molecule has 1 N–H and O–H groups in total. The fourth-order valence-corrected chi connectivity index (χ4v) is 2.69. The van der Waals surface area contributed by atoms with Crippen molar-refractivity contribution in [2.45, 2.75) is 46.1 Å². The Morgan fingerprint density at radius 1 is 0.963 bits per heavy atom. The lowest BCUT2D eigenvalue weighted by Gasteiger charge is -2.16. The van der Waals surface area contributed by atoms with E-state index in [-0.39, 0.29) is 35.6 Å². The van der Waals surface area contributed by atoms with Gasteiger partial charge in [0.15, 0.2) is 18.1 Å². The maximum Gasteiger partial charge on any atom is 0.342 e. The Bertz CT molecular complexity index is 629. The maximum atomic E-state index is 12.4. The topological polar surface area (TPSA) is 83.1 Å². The zero-order valence-corrected chi connectivity index (χ0v) is 17.1. The number of rotatable bonds is 11. The first-order chi connectivity index (χ1) is 12.8. The maximum absolute atomic E-state index is 12.4. The Hall–Kier alpha value is -2.44. The molecule has 152 valence electrons. The van der Waals surface area contributed by atoms with Crippen LogP contribution in [-0.4, -0.2) is 45.9 Å². The molecule has 0 saturated carbocycles. The Kier molecular flexibility index (Phi) is 9.47. The Labute approximate surface area is 161 Å². The normalized spacial score (nSPS) is 11.7. The molecule has 0 spiro atoms. The predicted molar refractivity (Wildman–Crippen MR) is 103 cm³/mol. The molecule has 1 amide bonds. The van der Waals surface area contributed by atoms with E-state index in [0.717, 1.165) is 19.3 Å². The molecular formula is C20H31NO6. The number of methoxy groups -OCH3 is 3. The zero-order valence-electron chi connectivity index (χ0n) is 17.1. The minimum absolute atomic E-state index is 0.0329. The van der Waals surface area contributed by atoms with Gasteiger partial charge < -0.3 is 24.3 Å². The summed E-state index contributed by atoms with van der Waals surface area (Å²) in [4.78, 5) is 24.4. The molecule has 1 aromatic carbocycles. The number of ether oxygens (including phenoxy) is 4. The van der Waals surface area contributed by atoms with Gasteiger partial charge in [-0.3, -0.25) is 4.79 Å². The summed E-state index contributed by atoms with van der Waals surface area (Å²) in [6, 6.07) is 3.12. The quantitative estimate of drug-likeness (QED) is 0.593. The van der Waals surface area contributed by atoms with E-state index >= 15 is 0 Å². The van der Waals surface area contributed by atoms with Gasteiger partial charge in [0.1, 0.15) is 5.56 Å². The molecular weight excluding hydrogens is 350 g/mol. The highest BCUT2D eigenvalue weighted by atomic mass is 16.5. The van der Waals surface area contributed by atoms with Crippen molar-refractivity contribution in [3.8, 4) is 17.2 Å². The monoisotopic (exact) mass is 381 g/mol. The number of hydrogen-bond acceptors (Lipinski definition) is 6. The number of nitrogens with one attached hydrogen (secondary N) is 1. The number of carbonyl (C=O) groups excluding carboxylic acids is 2. The third-order valence-electron chi connectivity index (χ3n) is 4.08. The van der Waals surface area contributed by atoms with Crippen molar-refractivity contribution in [2.75, 3.05) is 27.9 Å². The second-order valence-corrected chi connectivity index (χ2v) is 6.75. The highest BCUT2D eigenvalue weighted by Gasteiger charge is 2.22. The molecule has 7 nitrogen and oxygen atoms in total. The molecule has 0 aliphatic carbocycles. The minimum Gasteiger partial charge on any atom is -0.493 e. The molecule has 0 radical (unpaired) electrons. The van der Waals surface area contributed by atoms with Crippen LogP contribution in [0.4, 0.5) is 0 Å². The van der Waals surface area contributed by atoms with Crippen LogP contribution in [0.15, 0.2) is 12.1 Å². The average Bonchev–Trinajstić information content (AvgIpc) is 2.64. The van der Waals surface area contributed by atoms with Crippen molar-refractivity contribution in [2.24, 2.45) is 5.92 Å². The average molecular weight is 381 g/mol. The number of carbonyl (C=O) groups is 2. The number of benzene rings is 1. The van der Waals surface area contributed by atoms with Gasteiger partial charge >= 0.3 is 5.97 Å². The van der Waals surface area contributed by atoms with Gasteiger partial charge in [-0.05, 0) is 31.4 Å². The molecule has 0 fully saturated rings. The fraction of sp³-hybridized carbons (Fsp3) is 0.600. The molecule has 1 rings (SSSR count). The van der Waals surface area contributed by atoms with E-state index in [1.165, 1.54) is 27.4 Å². The Morgan fingerprint density at radius 3 is 2.19 bits per heavy atom. The molecule has 0 aliphatic heterocycles. The summed E-state index contributed by atoms with van der Waals surface area (Å²) in [6.07, 6.45) is 3.05. The van der Waals surface area contributed by atoms with Crippen LogP contribution in [0.2, 0.25) is 0 Å². The molecule has 0 aliphatic rings. The van der Waals surface area contributed by atoms with Crippen molar-refractivity contribution in [1.29, 1.82) is 0 Å². The first-order valence-corrected chi connectivity index (χ1v) is 9.09. The molecule has 1 aromatic rings. The van der Waals surface area contributed by atoms with Crippen molar-refractivity contribution in [1.82, 2.24) is 5.32 Å². The molecule has 1 atom stereocenters. The van der Waals surface area contributed by atoms with E-state index in [2.05, 4.69) is 19.2 Å². The highest BCUT2D eigenvalue weighted by Crippen LogP contribution is 2.39. The lowest BCUT2D eigenvalue weighted by atomic mass is 10.0. The summed E-state index contributed by atoms with van der Waals surface area (Å²) in [6.45, 7) is 5.93. The van der Waals surface area contributed by atoms with Gasteiger partial charge in [0.05, 0.1) is 21.3 Å². The van der Waals surface area contributed by atoms with Crippen LogP contribution in [0.25, 0.3) is 0 Å². The smallest absolute Gasteiger partial charge is 0.342 e. The van der Waals surface area contributed by atoms with Crippen LogP contribution in [-0.2, 0) is 9.53 Å². The Morgan fingerprint density at radius 2 is 1.63 bits per heavy atom. The van der Waals surface area contributed by atoms with E-state index in [1.54, 1.807) is 6.07 Å². The minimum atomic E-state index is -0.671. The van der Waals surface area contributed by atoms with Gasteiger partial charge in [-0.2, -0.15) is 0 Å². The summed E-state index contributed by atoms with van der Waals surface area (Å²) in [5.41, 5.74) is 0.160. The van der Waals surface area contributed by atoms with Crippen LogP contribution in [0.3, 0.4) is 0 Å². The van der Waals surface area contributed by atoms with Crippen molar-refractivity contribution < 1.29 is 28.5 Å². The van der Waals surface area contributed by atoms with E-state index in [1.807, 2.05) is 6.92 Å².